The SMILES string of the molecule is COc1ccc2cc(/C=C/C(=O)OCC(=O)N[C@@H](C)c3ccc(C)c(C)c3)ccc2c1. The number of esters is 1. The minimum absolute atomic E-state index is 0.169. The van der Waals surface area contributed by atoms with Gasteiger partial charge in [0.1, 0.15) is 5.75 Å². The summed E-state index contributed by atoms with van der Waals surface area (Å²) in [6, 6.07) is 17.5. The average molecular weight is 418 g/mol. The zero-order valence-electron chi connectivity index (χ0n) is 18.3. The van der Waals surface area contributed by atoms with Crippen molar-refractivity contribution in [3.05, 3.63) is 82.9 Å². The Hall–Kier alpha value is -3.60. The summed E-state index contributed by atoms with van der Waals surface area (Å²) in [6.45, 7) is 5.66. The second kappa shape index (κ2) is 9.94. The van der Waals surface area contributed by atoms with Gasteiger partial charge in [0, 0.05) is 6.08 Å². The summed E-state index contributed by atoms with van der Waals surface area (Å²) >= 11 is 0. The van der Waals surface area contributed by atoms with Crippen molar-refractivity contribution in [2.24, 2.45) is 0 Å². The van der Waals surface area contributed by atoms with E-state index in [1.165, 1.54) is 17.2 Å². The van der Waals surface area contributed by atoms with Crippen LogP contribution >= 0.6 is 0 Å². The second-order valence-corrected chi connectivity index (χ2v) is 7.55. The van der Waals surface area contributed by atoms with Crippen molar-refractivity contribution >= 4 is 28.7 Å². The molecule has 1 amide bonds. The third kappa shape index (κ3) is 5.95. The van der Waals surface area contributed by atoms with Crippen molar-refractivity contribution < 1.29 is 19.1 Å². The Morgan fingerprint density at radius 2 is 1.71 bits per heavy atom. The molecular weight excluding hydrogens is 390 g/mol. The van der Waals surface area contributed by atoms with Gasteiger partial charge in [-0.2, -0.15) is 0 Å². The number of methoxy groups -OCH3 is 1. The summed E-state index contributed by atoms with van der Waals surface area (Å²) < 4.78 is 10.3. The fraction of sp³-hybridized carbons (Fsp3) is 0.231. The van der Waals surface area contributed by atoms with Crippen LogP contribution in [-0.4, -0.2) is 25.6 Å². The maximum absolute atomic E-state index is 12.1. The molecule has 160 valence electrons. The Kier molecular flexibility index (Phi) is 7.08. The lowest BCUT2D eigenvalue weighted by Crippen LogP contribution is -2.31. The van der Waals surface area contributed by atoms with E-state index in [-0.39, 0.29) is 18.6 Å². The maximum atomic E-state index is 12.1. The smallest absolute Gasteiger partial charge is 0.331 e. The molecule has 0 spiro atoms. The standard InChI is InChI=1S/C26H27NO4/c1-17-5-8-21(13-18(17)2)19(3)27-25(28)16-31-26(29)12-7-20-6-9-23-15-24(30-4)11-10-22(23)14-20/h5-15,19H,16H2,1-4H3,(H,27,28)/b12-7+/t19-/m0/s1. The first-order valence-corrected chi connectivity index (χ1v) is 10.1. The number of fused-ring (bicyclic) bond motifs is 1. The third-order valence-corrected chi connectivity index (χ3v) is 5.24. The summed E-state index contributed by atoms with van der Waals surface area (Å²) in [5.41, 5.74) is 4.25. The van der Waals surface area contributed by atoms with Gasteiger partial charge in [-0.05, 0) is 78.1 Å². The normalized spacial score (nSPS) is 12.0. The quantitative estimate of drug-likeness (QED) is 0.439. The third-order valence-electron chi connectivity index (χ3n) is 5.24. The molecule has 0 aromatic heterocycles. The molecule has 31 heavy (non-hydrogen) atoms. The molecule has 0 saturated carbocycles. The van der Waals surface area contributed by atoms with E-state index in [9.17, 15) is 9.59 Å². The van der Waals surface area contributed by atoms with Gasteiger partial charge in [-0.25, -0.2) is 4.79 Å². The molecule has 1 atom stereocenters. The minimum atomic E-state index is -0.566. The van der Waals surface area contributed by atoms with Crippen LogP contribution in [0.4, 0.5) is 0 Å². The highest BCUT2D eigenvalue weighted by molar-refractivity contribution is 5.91. The van der Waals surface area contributed by atoms with Gasteiger partial charge in [0.15, 0.2) is 6.61 Å². The first kappa shape index (κ1) is 22.1. The van der Waals surface area contributed by atoms with Crippen LogP contribution in [0.2, 0.25) is 0 Å². The summed E-state index contributed by atoms with van der Waals surface area (Å²) in [5, 5.41) is 4.94. The first-order valence-electron chi connectivity index (χ1n) is 10.1. The van der Waals surface area contributed by atoms with E-state index in [0.29, 0.717) is 0 Å². The largest absolute Gasteiger partial charge is 0.497 e. The van der Waals surface area contributed by atoms with Crippen LogP contribution in [0.5, 0.6) is 5.75 Å². The fourth-order valence-electron chi connectivity index (χ4n) is 3.22. The number of rotatable bonds is 7. The van der Waals surface area contributed by atoms with E-state index in [2.05, 4.69) is 11.4 Å². The van der Waals surface area contributed by atoms with Gasteiger partial charge in [-0.15, -0.1) is 0 Å². The number of aryl methyl sites for hydroxylation is 2. The molecule has 3 rings (SSSR count). The Labute approximate surface area is 182 Å². The molecule has 5 nitrogen and oxygen atoms in total. The molecule has 0 radical (unpaired) electrons. The van der Waals surface area contributed by atoms with Crippen LogP contribution in [0.3, 0.4) is 0 Å². The van der Waals surface area contributed by atoms with E-state index in [1.54, 1.807) is 13.2 Å². The van der Waals surface area contributed by atoms with Crippen molar-refractivity contribution in [1.29, 1.82) is 0 Å². The van der Waals surface area contributed by atoms with Crippen molar-refractivity contribution in [1.82, 2.24) is 5.32 Å². The topological polar surface area (TPSA) is 64.6 Å². The van der Waals surface area contributed by atoms with Gasteiger partial charge in [0.25, 0.3) is 5.91 Å². The first-order chi connectivity index (χ1) is 14.9. The Bertz CT molecular complexity index is 1130. The highest BCUT2D eigenvalue weighted by atomic mass is 16.5. The van der Waals surface area contributed by atoms with Crippen LogP contribution in [0.25, 0.3) is 16.8 Å². The van der Waals surface area contributed by atoms with E-state index in [1.807, 2.05) is 69.3 Å². The fourth-order valence-corrected chi connectivity index (χ4v) is 3.22. The number of ether oxygens (including phenoxy) is 2. The number of hydrogen-bond acceptors (Lipinski definition) is 4. The molecule has 1 N–H and O–H groups in total. The van der Waals surface area contributed by atoms with Gasteiger partial charge in [-0.3, -0.25) is 4.79 Å². The molecule has 0 heterocycles. The van der Waals surface area contributed by atoms with E-state index >= 15 is 0 Å². The predicted molar refractivity (Wildman–Crippen MR) is 123 cm³/mol. The molecule has 0 aliphatic rings. The van der Waals surface area contributed by atoms with Crippen molar-refractivity contribution in [3.8, 4) is 5.75 Å². The van der Waals surface area contributed by atoms with Crippen LogP contribution in [0.15, 0.2) is 60.7 Å². The maximum Gasteiger partial charge on any atom is 0.331 e. The lowest BCUT2D eigenvalue weighted by Gasteiger charge is -2.15. The summed E-state index contributed by atoms with van der Waals surface area (Å²) in [5.74, 6) is -0.111. The van der Waals surface area contributed by atoms with Gasteiger partial charge in [0.05, 0.1) is 13.2 Å². The summed E-state index contributed by atoms with van der Waals surface area (Å²) in [6.07, 6.45) is 2.99. The molecule has 3 aromatic rings. The Morgan fingerprint density at radius 3 is 2.45 bits per heavy atom. The molecule has 0 fully saturated rings. The zero-order chi connectivity index (χ0) is 22.4. The predicted octanol–water partition coefficient (Wildman–Crippen LogP) is 4.90. The Balaban J connectivity index is 1.52. The highest BCUT2D eigenvalue weighted by Crippen LogP contribution is 2.22. The molecule has 0 unspecified atom stereocenters. The number of nitrogens with one attached hydrogen (secondary N) is 1. The van der Waals surface area contributed by atoms with Crippen LogP contribution < -0.4 is 10.1 Å². The van der Waals surface area contributed by atoms with Gasteiger partial charge in [0.2, 0.25) is 0 Å². The lowest BCUT2D eigenvalue weighted by molar-refractivity contribution is -0.144. The number of hydrogen-bond donors (Lipinski definition) is 1. The molecular formula is C26H27NO4. The van der Waals surface area contributed by atoms with Crippen LogP contribution in [0, 0.1) is 13.8 Å². The van der Waals surface area contributed by atoms with Gasteiger partial charge in [-0.1, -0.05) is 36.4 Å². The van der Waals surface area contributed by atoms with Gasteiger partial charge < -0.3 is 14.8 Å². The number of benzene rings is 3. The second-order valence-electron chi connectivity index (χ2n) is 7.55. The zero-order valence-corrected chi connectivity index (χ0v) is 18.3. The monoisotopic (exact) mass is 417 g/mol. The van der Waals surface area contributed by atoms with Crippen molar-refractivity contribution in [3.63, 3.8) is 0 Å². The molecule has 3 aromatic carbocycles. The van der Waals surface area contributed by atoms with E-state index in [4.69, 9.17) is 9.47 Å². The summed E-state index contributed by atoms with van der Waals surface area (Å²) in [4.78, 5) is 24.1. The molecule has 5 heteroatoms. The lowest BCUT2D eigenvalue weighted by atomic mass is 10.0. The average Bonchev–Trinajstić information content (AvgIpc) is 2.77. The molecule has 0 aliphatic carbocycles. The van der Waals surface area contributed by atoms with Crippen LogP contribution in [0.1, 0.15) is 35.2 Å². The molecule has 0 bridgehead atoms. The minimum Gasteiger partial charge on any atom is -0.497 e. The van der Waals surface area contributed by atoms with E-state index < -0.39 is 5.97 Å². The number of carbonyl (C=O) groups is 2. The van der Waals surface area contributed by atoms with Crippen molar-refractivity contribution in [2.75, 3.05) is 13.7 Å². The molecule has 0 aliphatic heterocycles. The number of amides is 1. The number of carbonyl (C=O) groups excluding carboxylic acids is 2. The Morgan fingerprint density at radius 1 is 0.968 bits per heavy atom. The van der Waals surface area contributed by atoms with Crippen molar-refractivity contribution in [2.45, 2.75) is 26.8 Å². The summed E-state index contributed by atoms with van der Waals surface area (Å²) in [7, 11) is 1.63. The van der Waals surface area contributed by atoms with E-state index in [0.717, 1.165) is 27.6 Å². The molecule has 0 saturated heterocycles. The highest BCUT2D eigenvalue weighted by Gasteiger charge is 2.11. The van der Waals surface area contributed by atoms with Crippen LogP contribution in [-0.2, 0) is 14.3 Å². The van der Waals surface area contributed by atoms with Gasteiger partial charge >= 0.3 is 5.97 Å².